The summed E-state index contributed by atoms with van der Waals surface area (Å²) < 4.78 is 0. The number of benzene rings is 1. The molecule has 0 amide bonds. The van der Waals surface area contributed by atoms with Crippen molar-refractivity contribution in [3.8, 4) is 0 Å². The van der Waals surface area contributed by atoms with Gasteiger partial charge in [0.1, 0.15) is 0 Å². The highest BCUT2D eigenvalue weighted by molar-refractivity contribution is 7.12. The average molecular weight is 302 g/mol. The number of hydrogen-bond acceptors (Lipinski definition) is 2. The number of halogens is 1. The summed E-state index contributed by atoms with van der Waals surface area (Å²) in [6.45, 7) is 2.18. The smallest absolute Gasteiger partial charge is 0.0646 e. The number of aryl methyl sites for hydroxylation is 1. The fraction of sp³-hybridized carbons (Fsp3) is 0.294. The van der Waals surface area contributed by atoms with Crippen LogP contribution in [0.3, 0.4) is 0 Å². The Morgan fingerprint density at radius 1 is 1.25 bits per heavy atom. The van der Waals surface area contributed by atoms with Gasteiger partial charge in [-0.05, 0) is 55.2 Å². The maximum atomic E-state index is 6.17. The van der Waals surface area contributed by atoms with Crippen molar-refractivity contribution in [2.24, 2.45) is 5.92 Å². The third-order valence-corrected chi connectivity index (χ3v) is 5.71. The molecule has 1 aliphatic carbocycles. The molecule has 20 heavy (non-hydrogen) atoms. The van der Waals surface area contributed by atoms with Crippen molar-refractivity contribution < 1.29 is 0 Å². The van der Waals surface area contributed by atoms with E-state index >= 15 is 0 Å². The molecule has 3 unspecified atom stereocenters. The summed E-state index contributed by atoms with van der Waals surface area (Å²) in [5.74, 6) is 1.11. The van der Waals surface area contributed by atoms with E-state index in [4.69, 9.17) is 11.6 Å². The van der Waals surface area contributed by atoms with Gasteiger partial charge in [-0.15, -0.1) is 11.3 Å². The van der Waals surface area contributed by atoms with Crippen molar-refractivity contribution in [2.75, 3.05) is 5.32 Å². The highest BCUT2D eigenvalue weighted by Gasteiger charge is 2.38. The molecule has 4 rings (SSSR count). The van der Waals surface area contributed by atoms with Crippen LogP contribution in [0.15, 0.2) is 42.5 Å². The van der Waals surface area contributed by atoms with Crippen LogP contribution in [0.1, 0.15) is 33.7 Å². The molecule has 3 heteroatoms. The van der Waals surface area contributed by atoms with Gasteiger partial charge in [0.25, 0.3) is 0 Å². The van der Waals surface area contributed by atoms with Crippen molar-refractivity contribution in [2.45, 2.75) is 25.3 Å². The van der Waals surface area contributed by atoms with E-state index in [0.717, 1.165) is 11.4 Å². The summed E-state index contributed by atoms with van der Waals surface area (Å²) >= 11 is 8.08. The molecule has 0 bridgehead atoms. The Balaban J connectivity index is 1.80. The van der Waals surface area contributed by atoms with E-state index in [9.17, 15) is 0 Å². The molecule has 0 fully saturated rings. The van der Waals surface area contributed by atoms with Gasteiger partial charge in [0.05, 0.1) is 6.04 Å². The Kier molecular flexibility index (Phi) is 2.90. The lowest BCUT2D eigenvalue weighted by molar-refractivity contribution is 0.430. The number of thiophene rings is 1. The fourth-order valence-corrected chi connectivity index (χ4v) is 4.65. The van der Waals surface area contributed by atoms with E-state index in [0.29, 0.717) is 17.9 Å². The van der Waals surface area contributed by atoms with Crippen LogP contribution < -0.4 is 5.32 Å². The van der Waals surface area contributed by atoms with E-state index in [1.54, 1.807) is 0 Å². The zero-order chi connectivity index (χ0) is 13.7. The molecule has 1 aliphatic heterocycles. The minimum atomic E-state index is 0.419. The van der Waals surface area contributed by atoms with Crippen LogP contribution in [-0.4, -0.2) is 0 Å². The third kappa shape index (κ3) is 1.90. The zero-order valence-electron chi connectivity index (χ0n) is 11.3. The molecule has 0 spiro atoms. The minimum absolute atomic E-state index is 0.419. The maximum Gasteiger partial charge on any atom is 0.0646 e. The summed E-state index contributed by atoms with van der Waals surface area (Å²) in [5, 5.41) is 4.57. The van der Waals surface area contributed by atoms with E-state index in [1.807, 2.05) is 17.4 Å². The summed E-state index contributed by atoms with van der Waals surface area (Å²) in [4.78, 5) is 2.83. The van der Waals surface area contributed by atoms with Crippen LogP contribution in [0.5, 0.6) is 0 Å². The van der Waals surface area contributed by atoms with Crippen LogP contribution in [0.25, 0.3) is 0 Å². The molecule has 2 heterocycles. The molecule has 1 aromatic carbocycles. The lowest BCUT2D eigenvalue weighted by Gasteiger charge is -2.36. The molecule has 0 saturated heterocycles. The SMILES string of the molecule is Cc1ccc(C2Nc3ccc(Cl)cc3C3C=CCC32)s1. The molecule has 0 saturated carbocycles. The number of fused-ring (bicyclic) bond motifs is 3. The van der Waals surface area contributed by atoms with E-state index < -0.39 is 0 Å². The average Bonchev–Trinajstić information content (AvgIpc) is 3.07. The zero-order valence-corrected chi connectivity index (χ0v) is 12.8. The first-order valence-corrected chi connectivity index (χ1v) is 8.21. The summed E-state index contributed by atoms with van der Waals surface area (Å²) in [6, 6.07) is 11.1. The predicted molar refractivity (Wildman–Crippen MR) is 86.9 cm³/mol. The number of rotatable bonds is 1. The molecule has 2 aliphatic rings. The Morgan fingerprint density at radius 3 is 2.95 bits per heavy atom. The second-order valence-electron chi connectivity index (χ2n) is 5.66. The van der Waals surface area contributed by atoms with Gasteiger partial charge in [-0.3, -0.25) is 0 Å². The van der Waals surface area contributed by atoms with Crippen LogP contribution >= 0.6 is 22.9 Å². The molecular formula is C17H16ClNS. The van der Waals surface area contributed by atoms with E-state index in [-0.39, 0.29) is 0 Å². The third-order valence-electron chi connectivity index (χ3n) is 4.39. The van der Waals surface area contributed by atoms with Crippen molar-refractivity contribution in [1.82, 2.24) is 0 Å². The molecule has 1 aromatic heterocycles. The molecular weight excluding hydrogens is 286 g/mol. The van der Waals surface area contributed by atoms with E-state index in [1.165, 1.54) is 21.0 Å². The Morgan fingerprint density at radius 2 is 2.15 bits per heavy atom. The normalized spacial score (nSPS) is 27.0. The molecule has 3 atom stereocenters. The predicted octanol–water partition coefficient (Wildman–Crippen LogP) is 5.54. The second-order valence-corrected chi connectivity index (χ2v) is 7.41. The Hall–Kier alpha value is -1.25. The lowest BCUT2D eigenvalue weighted by Crippen LogP contribution is -2.28. The first-order valence-electron chi connectivity index (χ1n) is 7.01. The lowest BCUT2D eigenvalue weighted by atomic mass is 9.79. The van der Waals surface area contributed by atoms with Gasteiger partial charge in [0.2, 0.25) is 0 Å². The molecule has 2 aromatic rings. The minimum Gasteiger partial charge on any atom is -0.377 e. The largest absolute Gasteiger partial charge is 0.377 e. The van der Waals surface area contributed by atoms with Crippen molar-refractivity contribution in [3.05, 3.63) is 62.8 Å². The number of nitrogens with one attached hydrogen (secondary N) is 1. The standard InChI is InChI=1S/C17H16ClNS/c1-10-5-8-16(20-10)17-13-4-2-3-12(13)14-9-11(18)6-7-15(14)19-17/h2-3,5-9,12-13,17,19H,4H2,1H3. The molecule has 1 nitrogen and oxygen atoms in total. The number of allylic oxidation sites excluding steroid dienone is 2. The van der Waals surface area contributed by atoms with Gasteiger partial charge in [-0.1, -0.05) is 23.8 Å². The second kappa shape index (κ2) is 4.64. The summed E-state index contributed by atoms with van der Waals surface area (Å²) in [6.07, 6.45) is 5.82. The van der Waals surface area contributed by atoms with Gasteiger partial charge in [0.15, 0.2) is 0 Å². The highest BCUT2D eigenvalue weighted by Crippen LogP contribution is 2.51. The Bertz CT molecular complexity index is 688. The maximum absolute atomic E-state index is 6.17. The van der Waals surface area contributed by atoms with Crippen molar-refractivity contribution in [3.63, 3.8) is 0 Å². The van der Waals surface area contributed by atoms with Gasteiger partial charge in [0, 0.05) is 26.4 Å². The van der Waals surface area contributed by atoms with Gasteiger partial charge in [-0.2, -0.15) is 0 Å². The summed E-state index contributed by atoms with van der Waals surface area (Å²) in [5.41, 5.74) is 2.58. The van der Waals surface area contributed by atoms with Crippen LogP contribution in [0.4, 0.5) is 5.69 Å². The first kappa shape index (κ1) is 12.5. The van der Waals surface area contributed by atoms with Gasteiger partial charge < -0.3 is 5.32 Å². The molecule has 0 radical (unpaired) electrons. The number of anilines is 1. The topological polar surface area (TPSA) is 12.0 Å². The van der Waals surface area contributed by atoms with Gasteiger partial charge in [-0.25, -0.2) is 0 Å². The van der Waals surface area contributed by atoms with Crippen LogP contribution in [0.2, 0.25) is 5.02 Å². The van der Waals surface area contributed by atoms with Crippen LogP contribution in [-0.2, 0) is 0 Å². The molecule has 1 N–H and O–H groups in total. The monoisotopic (exact) mass is 301 g/mol. The van der Waals surface area contributed by atoms with Crippen molar-refractivity contribution in [1.29, 1.82) is 0 Å². The molecule has 102 valence electrons. The first-order chi connectivity index (χ1) is 9.72. The van der Waals surface area contributed by atoms with Crippen molar-refractivity contribution >= 4 is 28.6 Å². The van der Waals surface area contributed by atoms with Crippen LogP contribution in [0, 0.1) is 12.8 Å². The van der Waals surface area contributed by atoms with Gasteiger partial charge >= 0.3 is 0 Å². The Labute approximate surface area is 128 Å². The fourth-order valence-electron chi connectivity index (χ4n) is 3.47. The highest BCUT2D eigenvalue weighted by atomic mass is 35.5. The van der Waals surface area contributed by atoms with E-state index in [2.05, 4.69) is 48.7 Å². The number of hydrogen-bond donors (Lipinski definition) is 1. The summed E-state index contributed by atoms with van der Waals surface area (Å²) in [7, 11) is 0. The quantitative estimate of drug-likeness (QED) is 0.682.